The number of fused-ring (bicyclic) bond motifs is 1. The van der Waals surface area contributed by atoms with E-state index >= 15 is 0 Å². The monoisotopic (exact) mass is 593 g/mol. The van der Waals surface area contributed by atoms with E-state index in [2.05, 4.69) is 46.1 Å². The van der Waals surface area contributed by atoms with Crippen molar-refractivity contribution in [1.82, 2.24) is 29.7 Å². The van der Waals surface area contributed by atoms with E-state index in [0.29, 0.717) is 46.6 Å². The van der Waals surface area contributed by atoms with Crippen LogP contribution in [-0.2, 0) is 20.0 Å². The molecule has 0 unspecified atom stereocenters. The van der Waals surface area contributed by atoms with Gasteiger partial charge < -0.3 is 15.1 Å². The Morgan fingerprint density at radius 3 is 2.50 bits per heavy atom. The second-order valence-electron chi connectivity index (χ2n) is 13.1. The van der Waals surface area contributed by atoms with Gasteiger partial charge in [-0.05, 0) is 64.6 Å². The number of likely N-dealkylation sites (tertiary alicyclic amines) is 1. The summed E-state index contributed by atoms with van der Waals surface area (Å²) in [5.74, 6) is 1.03. The summed E-state index contributed by atoms with van der Waals surface area (Å²) < 4.78 is 27.1. The zero-order chi connectivity index (χ0) is 30.2. The molecule has 1 aliphatic heterocycles. The topological polar surface area (TPSA) is 121 Å². The summed E-state index contributed by atoms with van der Waals surface area (Å²) in [4.78, 5) is 36.5. The highest BCUT2D eigenvalue weighted by Gasteiger charge is 2.44. The predicted molar refractivity (Wildman–Crippen MR) is 164 cm³/mol. The lowest BCUT2D eigenvalue weighted by molar-refractivity contribution is -0.132. The van der Waals surface area contributed by atoms with Gasteiger partial charge in [0.05, 0.1) is 16.8 Å². The van der Waals surface area contributed by atoms with Crippen molar-refractivity contribution in [3.8, 4) is 0 Å². The maximum Gasteiger partial charge on any atom is 0.245 e. The lowest BCUT2D eigenvalue weighted by Crippen LogP contribution is -2.52. The number of carbonyl (C=O) groups is 1. The summed E-state index contributed by atoms with van der Waals surface area (Å²) in [6.45, 7) is 11.0. The summed E-state index contributed by atoms with van der Waals surface area (Å²) in [7, 11) is -1.40. The second-order valence-corrected chi connectivity index (χ2v) is 15.1. The summed E-state index contributed by atoms with van der Waals surface area (Å²) >= 11 is 0. The van der Waals surface area contributed by atoms with Crippen molar-refractivity contribution < 1.29 is 13.2 Å². The van der Waals surface area contributed by atoms with E-state index in [0.717, 1.165) is 19.3 Å². The fourth-order valence-corrected chi connectivity index (χ4v) is 7.95. The molecule has 1 saturated heterocycles. The second kappa shape index (κ2) is 11.8. The van der Waals surface area contributed by atoms with Gasteiger partial charge in [0.25, 0.3) is 0 Å². The molecular weight excluding hydrogens is 550 g/mol. The Balaban J connectivity index is 1.38. The number of hydrogen-bond donors (Lipinski definition) is 1. The normalized spacial score (nSPS) is 23.7. The van der Waals surface area contributed by atoms with Crippen LogP contribution in [0.4, 0.5) is 5.82 Å². The molecule has 0 bridgehead atoms. The molecule has 10 nitrogen and oxygen atoms in total. The van der Waals surface area contributed by atoms with Crippen LogP contribution in [0.25, 0.3) is 11.0 Å². The number of nitrogens with one attached hydrogen (secondary N) is 1. The molecule has 0 spiro atoms. The molecule has 1 amide bonds. The SMILES string of the molecule is CC(C)N(C)[C@@H]1CC[C@H](N2CC[C@H](Nc3ncnc4cnc(C(C)(C)C)nc34)C2=O)[C@H](CS(=O)(=O)c2ccccc2)C1. The van der Waals surface area contributed by atoms with E-state index in [1.807, 2.05) is 31.7 Å². The molecule has 2 aliphatic rings. The van der Waals surface area contributed by atoms with E-state index < -0.39 is 15.9 Å². The Kier molecular flexibility index (Phi) is 8.53. The van der Waals surface area contributed by atoms with Crippen LogP contribution in [0.1, 0.15) is 66.1 Å². The molecule has 226 valence electrons. The first kappa shape index (κ1) is 30.3. The number of hydrogen-bond acceptors (Lipinski definition) is 9. The minimum Gasteiger partial charge on any atom is -0.356 e. The third-order valence-corrected chi connectivity index (χ3v) is 10.7. The Bertz CT molecular complexity index is 1520. The van der Waals surface area contributed by atoms with Gasteiger partial charge in [0.15, 0.2) is 15.7 Å². The highest BCUT2D eigenvalue weighted by molar-refractivity contribution is 7.91. The van der Waals surface area contributed by atoms with Crippen LogP contribution >= 0.6 is 0 Å². The van der Waals surface area contributed by atoms with Gasteiger partial charge in [-0.3, -0.25) is 4.79 Å². The number of carbonyl (C=O) groups excluding carboxylic acids is 1. The predicted octanol–water partition coefficient (Wildman–Crippen LogP) is 4.08. The number of sulfone groups is 1. The lowest BCUT2D eigenvalue weighted by atomic mass is 9.81. The molecule has 3 heterocycles. The van der Waals surface area contributed by atoms with Crippen molar-refractivity contribution >= 4 is 32.6 Å². The molecule has 2 fully saturated rings. The van der Waals surface area contributed by atoms with Crippen LogP contribution in [0.5, 0.6) is 0 Å². The van der Waals surface area contributed by atoms with Crippen molar-refractivity contribution in [3.05, 3.63) is 48.7 Å². The minimum absolute atomic E-state index is 0.0189. The molecule has 1 aliphatic carbocycles. The van der Waals surface area contributed by atoms with E-state index in [4.69, 9.17) is 4.98 Å². The number of benzene rings is 1. The molecule has 4 atom stereocenters. The van der Waals surface area contributed by atoms with Gasteiger partial charge >= 0.3 is 0 Å². The highest BCUT2D eigenvalue weighted by atomic mass is 32.2. The zero-order valence-electron chi connectivity index (χ0n) is 25.5. The number of nitrogens with zero attached hydrogens (tertiary/aromatic N) is 6. The van der Waals surface area contributed by atoms with Crippen LogP contribution in [0.15, 0.2) is 47.8 Å². The average molecular weight is 594 g/mol. The third kappa shape index (κ3) is 6.27. The standard InChI is InChI=1S/C31H43N7O3S/c1-20(2)37(6)22-12-13-26(21(16-22)18-42(40,41)23-10-8-7-9-11-23)38-15-14-24(29(38)39)35-28-27-25(33-19-34-28)17-32-30(36-27)31(3,4)5/h7-11,17,19-22,24,26H,12-16,18H2,1-6H3,(H,33,34,35)/t21-,22+,24-,26-/m0/s1. The first-order chi connectivity index (χ1) is 19.8. The van der Waals surface area contributed by atoms with Gasteiger partial charge in [0.1, 0.15) is 29.2 Å². The summed E-state index contributed by atoms with van der Waals surface area (Å²) in [5.41, 5.74) is 0.952. The Labute approximate surface area is 249 Å². The van der Waals surface area contributed by atoms with E-state index in [1.165, 1.54) is 6.33 Å². The average Bonchev–Trinajstić information content (AvgIpc) is 3.31. The molecular formula is C31H43N7O3S. The third-order valence-electron chi connectivity index (χ3n) is 8.84. The molecule has 0 radical (unpaired) electrons. The fraction of sp³-hybridized carbons (Fsp3) is 0.581. The van der Waals surface area contributed by atoms with Crippen LogP contribution in [0.3, 0.4) is 0 Å². The number of rotatable bonds is 8. The van der Waals surface area contributed by atoms with Gasteiger partial charge in [-0.25, -0.2) is 28.4 Å². The van der Waals surface area contributed by atoms with Crippen molar-refractivity contribution in [3.63, 3.8) is 0 Å². The zero-order valence-corrected chi connectivity index (χ0v) is 26.3. The quantitative estimate of drug-likeness (QED) is 0.412. The van der Waals surface area contributed by atoms with Gasteiger partial charge in [-0.2, -0.15) is 0 Å². The first-order valence-corrected chi connectivity index (χ1v) is 16.6. The van der Waals surface area contributed by atoms with Gasteiger partial charge in [-0.1, -0.05) is 39.0 Å². The summed E-state index contributed by atoms with van der Waals surface area (Å²) in [6.07, 6.45) is 6.18. The van der Waals surface area contributed by atoms with Crippen LogP contribution in [-0.4, -0.2) is 87.6 Å². The Morgan fingerprint density at radius 2 is 1.81 bits per heavy atom. The van der Waals surface area contributed by atoms with Crippen molar-refractivity contribution in [2.75, 3.05) is 24.7 Å². The smallest absolute Gasteiger partial charge is 0.245 e. The van der Waals surface area contributed by atoms with Crippen molar-refractivity contribution in [1.29, 1.82) is 0 Å². The maximum atomic E-state index is 13.9. The molecule has 1 N–H and O–H groups in total. The van der Waals surface area contributed by atoms with Gasteiger partial charge in [0.2, 0.25) is 5.91 Å². The van der Waals surface area contributed by atoms with E-state index in [1.54, 1.807) is 30.5 Å². The maximum absolute atomic E-state index is 13.9. The van der Waals surface area contributed by atoms with Crippen molar-refractivity contribution in [2.24, 2.45) is 5.92 Å². The largest absolute Gasteiger partial charge is 0.356 e. The molecule has 11 heteroatoms. The molecule has 3 aromatic rings. The molecule has 42 heavy (non-hydrogen) atoms. The fourth-order valence-electron chi connectivity index (χ4n) is 6.26. The molecule has 5 rings (SSSR count). The summed E-state index contributed by atoms with van der Waals surface area (Å²) in [5, 5.41) is 3.35. The lowest BCUT2D eigenvalue weighted by Gasteiger charge is -2.44. The summed E-state index contributed by atoms with van der Waals surface area (Å²) in [6, 6.07) is 8.66. The van der Waals surface area contributed by atoms with Crippen LogP contribution < -0.4 is 5.32 Å². The molecule has 1 aromatic carbocycles. The number of amides is 1. The first-order valence-electron chi connectivity index (χ1n) is 14.9. The van der Waals surface area contributed by atoms with E-state index in [9.17, 15) is 13.2 Å². The van der Waals surface area contributed by atoms with Gasteiger partial charge in [-0.15, -0.1) is 0 Å². The molecule has 2 aromatic heterocycles. The Hall–Kier alpha value is -3.18. The van der Waals surface area contributed by atoms with Crippen molar-refractivity contribution in [2.45, 2.75) is 94.8 Å². The van der Waals surface area contributed by atoms with Crippen LogP contribution in [0.2, 0.25) is 0 Å². The number of aromatic nitrogens is 4. The van der Waals surface area contributed by atoms with Gasteiger partial charge in [0, 0.05) is 30.1 Å². The van der Waals surface area contributed by atoms with Crippen LogP contribution in [0, 0.1) is 5.92 Å². The minimum atomic E-state index is -3.52. The van der Waals surface area contributed by atoms with E-state index in [-0.39, 0.29) is 35.1 Å². The highest BCUT2D eigenvalue weighted by Crippen LogP contribution is 2.36. The molecule has 1 saturated carbocycles. The number of anilines is 1. The Morgan fingerprint density at radius 1 is 1.07 bits per heavy atom.